The number of nitrogens with one attached hydrogen (secondary N) is 1. The Morgan fingerprint density at radius 3 is 2.88 bits per heavy atom. The molecule has 1 N–H and O–H groups in total. The summed E-state index contributed by atoms with van der Waals surface area (Å²) in [6.07, 6.45) is 0. The van der Waals surface area contributed by atoms with Crippen molar-refractivity contribution in [3.05, 3.63) is 27.4 Å². The molecule has 86 valence electrons. The topological polar surface area (TPSA) is 41.1 Å². The third-order valence-electron chi connectivity index (χ3n) is 2.12. The van der Waals surface area contributed by atoms with Crippen LogP contribution in [0.2, 0.25) is 0 Å². The molecule has 0 fully saturated rings. The van der Waals surface area contributed by atoms with E-state index >= 15 is 0 Å². The molecule has 0 amide bonds. The predicted molar refractivity (Wildman–Crippen MR) is 68.9 cm³/mol. The van der Waals surface area contributed by atoms with Gasteiger partial charge in [0, 0.05) is 13.6 Å². The van der Waals surface area contributed by atoms with E-state index in [4.69, 9.17) is 0 Å². The highest BCUT2D eigenvalue weighted by Gasteiger charge is 2.06. The Morgan fingerprint density at radius 1 is 1.38 bits per heavy atom. The van der Waals surface area contributed by atoms with Crippen LogP contribution in [0.1, 0.15) is 10.6 Å². The number of aromatic nitrogens is 2. The molecule has 2 aromatic heterocycles. The van der Waals surface area contributed by atoms with Crippen LogP contribution in [0.15, 0.2) is 16.8 Å². The summed E-state index contributed by atoms with van der Waals surface area (Å²) in [7, 11) is 3.96. The maximum Gasteiger partial charge on any atom is 0.205 e. The van der Waals surface area contributed by atoms with Crippen molar-refractivity contribution in [1.82, 2.24) is 15.1 Å². The molecule has 0 aliphatic heterocycles. The summed E-state index contributed by atoms with van der Waals surface area (Å²) in [4.78, 5) is 2.24. The van der Waals surface area contributed by atoms with Gasteiger partial charge in [-0.25, -0.2) is 0 Å². The third-order valence-corrected chi connectivity index (χ3v) is 3.78. The first-order valence-corrected chi connectivity index (χ1v) is 6.73. The van der Waals surface area contributed by atoms with Crippen molar-refractivity contribution in [2.75, 3.05) is 19.4 Å². The van der Waals surface area contributed by atoms with Crippen LogP contribution in [-0.2, 0) is 13.1 Å². The van der Waals surface area contributed by atoms with Crippen molar-refractivity contribution < 1.29 is 0 Å². The van der Waals surface area contributed by atoms with Crippen molar-refractivity contribution in [3.8, 4) is 0 Å². The zero-order valence-corrected chi connectivity index (χ0v) is 10.9. The smallest absolute Gasteiger partial charge is 0.205 e. The quantitative estimate of drug-likeness (QED) is 0.888. The summed E-state index contributed by atoms with van der Waals surface area (Å²) < 4.78 is 0. The highest BCUT2D eigenvalue weighted by Crippen LogP contribution is 2.17. The Bertz CT molecular complexity index is 424. The van der Waals surface area contributed by atoms with Crippen LogP contribution in [0.3, 0.4) is 0 Å². The Balaban J connectivity index is 1.89. The molecule has 0 radical (unpaired) electrons. The van der Waals surface area contributed by atoms with E-state index < -0.39 is 0 Å². The summed E-state index contributed by atoms with van der Waals surface area (Å²) in [6, 6.07) is 2.15. The summed E-state index contributed by atoms with van der Waals surface area (Å²) in [5.41, 5.74) is 1.35. The molecule has 2 heterocycles. The average Bonchev–Trinajstić information content (AvgIpc) is 2.89. The molecule has 4 nitrogen and oxygen atoms in total. The van der Waals surface area contributed by atoms with Gasteiger partial charge in [-0.05, 0) is 29.4 Å². The Kier molecular flexibility index (Phi) is 3.87. The molecule has 16 heavy (non-hydrogen) atoms. The molecule has 2 rings (SSSR count). The summed E-state index contributed by atoms with van der Waals surface area (Å²) in [6.45, 7) is 1.80. The lowest BCUT2D eigenvalue weighted by molar-refractivity contribution is 0.318. The van der Waals surface area contributed by atoms with Crippen LogP contribution in [-0.4, -0.2) is 29.2 Å². The molecule has 0 aromatic carbocycles. The summed E-state index contributed by atoms with van der Waals surface area (Å²) in [5.74, 6) is 0. The molecule has 0 aliphatic rings. The van der Waals surface area contributed by atoms with Gasteiger partial charge >= 0.3 is 0 Å². The molecule has 0 bridgehead atoms. The van der Waals surface area contributed by atoms with E-state index in [1.807, 2.05) is 7.05 Å². The molecule has 0 spiro atoms. The van der Waals surface area contributed by atoms with Crippen LogP contribution in [0.5, 0.6) is 0 Å². The third kappa shape index (κ3) is 3.01. The fourth-order valence-corrected chi connectivity index (χ4v) is 2.83. The molecular formula is C10H14N4S2. The van der Waals surface area contributed by atoms with E-state index in [-0.39, 0.29) is 0 Å². The first-order chi connectivity index (χ1) is 7.78. The maximum absolute atomic E-state index is 4.12. The Hall–Kier alpha value is -0.980. The van der Waals surface area contributed by atoms with Crippen LogP contribution in [0.4, 0.5) is 5.13 Å². The second kappa shape index (κ2) is 5.38. The zero-order valence-electron chi connectivity index (χ0n) is 9.30. The van der Waals surface area contributed by atoms with Crippen molar-refractivity contribution in [2.24, 2.45) is 0 Å². The van der Waals surface area contributed by atoms with E-state index in [1.54, 1.807) is 22.7 Å². The standard InChI is InChI=1S/C10H14N4S2/c1-11-10-13-12-9(16-10)6-14(2)5-8-3-4-15-7-8/h3-4,7H,5-6H2,1-2H3,(H,11,13). The van der Waals surface area contributed by atoms with Gasteiger partial charge in [0.1, 0.15) is 5.01 Å². The van der Waals surface area contributed by atoms with Gasteiger partial charge in [0.2, 0.25) is 5.13 Å². The second-order valence-corrected chi connectivity index (χ2v) is 5.40. The predicted octanol–water partition coefficient (Wildman–Crippen LogP) is 2.27. The molecule has 6 heteroatoms. The van der Waals surface area contributed by atoms with Crippen LogP contribution in [0, 0.1) is 0 Å². The fraction of sp³-hybridized carbons (Fsp3) is 0.400. The lowest BCUT2D eigenvalue weighted by Crippen LogP contribution is -2.16. The highest BCUT2D eigenvalue weighted by atomic mass is 32.1. The number of hydrogen-bond acceptors (Lipinski definition) is 6. The van der Waals surface area contributed by atoms with Crippen LogP contribution >= 0.6 is 22.7 Å². The number of thiophene rings is 1. The van der Waals surface area contributed by atoms with Gasteiger partial charge in [-0.3, -0.25) is 4.90 Å². The first-order valence-electron chi connectivity index (χ1n) is 4.97. The SMILES string of the molecule is CNc1nnc(CN(C)Cc2ccsc2)s1. The van der Waals surface area contributed by atoms with E-state index in [2.05, 4.69) is 44.3 Å². The largest absolute Gasteiger partial charge is 0.363 e. The number of nitrogens with zero attached hydrogens (tertiary/aromatic N) is 3. The van der Waals surface area contributed by atoms with Gasteiger partial charge in [-0.15, -0.1) is 10.2 Å². The molecule has 0 saturated heterocycles. The lowest BCUT2D eigenvalue weighted by atomic mass is 10.3. The van der Waals surface area contributed by atoms with E-state index in [1.165, 1.54) is 5.56 Å². The first kappa shape index (κ1) is 11.5. The van der Waals surface area contributed by atoms with E-state index in [9.17, 15) is 0 Å². The van der Waals surface area contributed by atoms with Gasteiger partial charge < -0.3 is 5.32 Å². The molecular weight excluding hydrogens is 240 g/mol. The minimum absolute atomic E-state index is 0.842. The van der Waals surface area contributed by atoms with E-state index in [0.29, 0.717) is 0 Å². The van der Waals surface area contributed by atoms with E-state index in [0.717, 1.165) is 23.2 Å². The summed E-state index contributed by atoms with van der Waals surface area (Å²) in [5, 5.41) is 17.3. The maximum atomic E-state index is 4.12. The van der Waals surface area contributed by atoms with Crippen molar-refractivity contribution in [2.45, 2.75) is 13.1 Å². The van der Waals surface area contributed by atoms with Crippen molar-refractivity contribution in [1.29, 1.82) is 0 Å². The van der Waals surface area contributed by atoms with Gasteiger partial charge in [0.25, 0.3) is 0 Å². The minimum Gasteiger partial charge on any atom is -0.363 e. The lowest BCUT2D eigenvalue weighted by Gasteiger charge is -2.13. The molecule has 0 unspecified atom stereocenters. The van der Waals surface area contributed by atoms with Gasteiger partial charge in [0.15, 0.2) is 0 Å². The minimum atomic E-state index is 0.842. The fourth-order valence-electron chi connectivity index (χ4n) is 1.40. The molecule has 0 aliphatic carbocycles. The Morgan fingerprint density at radius 2 is 2.25 bits per heavy atom. The second-order valence-electron chi connectivity index (χ2n) is 3.55. The van der Waals surface area contributed by atoms with Gasteiger partial charge in [-0.1, -0.05) is 11.3 Å². The normalized spacial score (nSPS) is 10.9. The number of hydrogen-bond donors (Lipinski definition) is 1. The zero-order chi connectivity index (χ0) is 11.4. The van der Waals surface area contributed by atoms with Gasteiger partial charge in [-0.2, -0.15) is 11.3 Å². The number of rotatable bonds is 5. The summed E-state index contributed by atoms with van der Waals surface area (Å²) >= 11 is 3.34. The average molecular weight is 254 g/mol. The van der Waals surface area contributed by atoms with Gasteiger partial charge in [0.05, 0.1) is 6.54 Å². The number of anilines is 1. The molecule has 0 saturated carbocycles. The Labute approximate surface area is 103 Å². The monoisotopic (exact) mass is 254 g/mol. The van der Waals surface area contributed by atoms with Crippen molar-refractivity contribution in [3.63, 3.8) is 0 Å². The van der Waals surface area contributed by atoms with Crippen LogP contribution < -0.4 is 5.32 Å². The van der Waals surface area contributed by atoms with Crippen molar-refractivity contribution >= 4 is 27.8 Å². The van der Waals surface area contributed by atoms with Crippen LogP contribution in [0.25, 0.3) is 0 Å². The molecule has 2 aromatic rings. The highest BCUT2D eigenvalue weighted by molar-refractivity contribution is 7.15. The molecule has 0 atom stereocenters.